The molecule has 1 unspecified atom stereocenters. The average molecular weight is 208 g/mol. The molecule has 0 aliphatic carbocycles. The molecule has 82 valence electrons. The van der Waals surface area contributed by atoms with Gasteiger partial charge in [0.25, 0.3) is 0 Å². The lowest BCUT2D eigenvalue weighted by molar-refractivity contribution is 0.0237. The lowest BCUT2D eigenvalue weighted by Gasteiger charge is -2.16. The van der Waals surface area contributed by atoms with Crippen molar-refractivity contribution < 1.29 is 9.53 Å². The molecule has 1 rings (SSSR count). The van der Waals surface area contributed by atoms with Gasteiger partial charge in [-0.15, -0.1) is 0 Å². The van der Waals surface area contributed by atoms with Crippen LogP contribution in [-0.4, -0.2) is 17.1 Å². The zero-order valence-corrected chi connectivity index (χ0v) is 9.23. The minimum absolute atomic E-state index is 0.102. The third kappa shape index (κ3) is 3.23. The molecule has 4 heteroatoms. The predicted octanol–water partition coefficient (Wildman–Crippen LogP) is 1.87. The number of carbonyl (C=O) groups excluding carboxylic acids is 1. The number of nitrogens with two attached hydrogens (primary N) is 1. The van der Waals surface area contributed by atoms with Crippen molar-refractivity contribution in [1.29, 1.82) is 0 Å². The van der Waals surface area contributed by atoms with Gasteiger partial charge in [0, 0.05) is 6.20 Å². The van der Waals surface area contributed by atoms with E-state index < -0.39 is 0 Å². The standard InChI is InChI=1S/C11H16N2O2/c1-7(2)8(3)15-11(14)9-4-5-10(12)13-6-9/h4-8H,1-3H3,(H2,12,13). The van der Waals surface area contributed by atoms with Gasteiger partial charge in [0.05, 0.1) is 5.56 Å². The van der Waals surface area contributed by atoms with Crippen LogP contribution in [0.3, 0.4) is 0 Å². The molecule has 0 fully saturated rings. The molecule has 1 aromatic rings. The number of aromatic nitrogens is 1. The van der Waals surface area contributed by atoms with Gasteiger partial charge < -0.3 is 10.5 Å². The van der Waals surface area contributed by atoms with Crippen LogP contribution in [0.25, 0.3) is 0 Å². The Morgan fingerprint density at radius 3 is 2.53 bits per heavy atom. The Labute approximate surface area is 89.5 Å². The lowest BCUT2D eigenvalue weighted by Crippen LogP contribution is -2.20. The summed E-state index contributed by atoms with van der Waals surface area (Å²) in [4.78, 5) is 15.4. The third-order valence-corrected chi connectivity index (χ3v) is 2.25. The van der Waals surface area contributed by atoms with Crippen molar-refractivity contribution in [2.75, 3.05) is 5.73 Å². The van der Waals surface area contributed by atoms with E-state index in [1.807, 2.05) is 20.8 Å². The molecule has 0 saturated heterocycles. The summed E-state index contributed by atoms with van der Waals surface area (Å²) in [6.45, 7) is 5.87. The van der Waals surface area contributed by atoms with E-state index in [-0.39, 0.29) is 12.1 Å². The molecule has 0 spiro atoms. The number of ether oxygens (including phenoxy) is 1. The van der Waals surface area contributed by atoms with Crippen LogP contribution in [0.2, 0.25) is 0 Å². The van der Waals surface area contributed by atoms with Crippen LogP contribution in [-0.2, 0) is 4.74 Å². The summed E-state index contributed by atoms with van der Waals surface area (Å²) >= 11 is 0. The van der Waals surface area contributed by atoms with Crippen LogP contribution in [0.4, 0.5) is 5.82 Å². The van der Waals surface area contributed by atoms with E-state index in [1.54, 1.807) is 12.1 Å². The Kier molecular flexibility index (Phi) is 3.66. The molecule has 0 amide bonds. The second kappa shape index (κ2) is 4.77. The Morgan fingerprint density at radius 1 is 1.40 bits per heavy atom. The molecular weight excluding hydrogens is 192 g/mol. The van der Waals surface area contributed by atoms with E-state index in [1.165, 1.54) is 6.20 Å². The predicted molar refractivity (Wildman–Crippen MR) is 58.4 cm³/mol. The van der Waals surface area contributed by atoms with Gasteiger partial charge in [-0.3, -0.25) is 0 Å². The van der Waals surface area contributed by atoms with Crippen LogP contribution in [0.15, 0.2) is 18.3 Å². The van der Waals surface area contributed by atoms with Gasteiger partial charge in [-0.1, -0.05) is 13.8 Å². The Morgan fingerprint density at radius 2 is 2.07 bits per heavy atom. The normalized spacial score (nSPS) is 12.5. The first-order valence-corrected chi connectivity index (χ1v) is 4.93. The summed E-state index contributed by atoms with van der Waals surface area (Å²) in [5, 5.41) is 0. The van der Waals surface area contributed by atoms with Crippen LogP contribution < -0.4 is 5.73 Å². The van der Waals surface area contributed by atoms with Crippen LogP contribution in [0.5, 0.6) is 0 Å². The summed E-state index contributed by atoms with van der Waals surface area (Å²) in [6.07, 6.45) is 1.32. The topological polar surface area (TPSA) is 65.2 Å². The second-order valence-corrected chi connectivity index (χ2v) is 3.83. The largest absolute Gasteiger partial charge is 0.459 e. The SMILES string of the molecule is CC(C)C(C)OC(=O)c1ccc(N)nc1. The van der Waals surface area contributed by atoms with Gasteiger partial charge in [-0.2, -0.15) is 0 Å². The number of pyridine rings is 1. The van der Waals surface area contributed by atoms with Crippen molar-refractivity contribution in [1.82, 2.24) is 4.98 Å². The molecule has 0 aromatic carbocycles. The average Bonchev–Trinajstić information content (AvgIpc) is 2.18. The van der Waals surface area contributed by atoms with E-state index in [4.69, 9.17) is 10.5 Å². The van der Waals surface area contributed by atoms with Gasteiger partial charge >= 0.3 is 5.97 Å². The quantitative estimate of drug-likeness (QED) is 0.770. The number of hydrogen-bond acceptors (Lipinski definition) is 4. The van der Waals surface area contributed by atoms with Crippen molar-refractivity contribution in [3.8, 4) is 0 Å². The molecule has 0 bridgehead atoms. The number of carbonyl (C=O) groups is 1. The molecule has 0 aliphatic rings. The van der Waals surface area contributed by atoms with Crippen molar-refractivity contribution in [3.05, 3.63) is 23.9 Å². The Hall–Kier alpha value is -1.58. The minimum Gasteiger partial charge on any atom is -0.459 e. The number of hydrogen-bond donors (Lipinski definition) is 1. The van der Waals surface area contributed by atoms with Crippen LogP contribution >= 0.6 is 0 Å². The maximum atomic E-state index is 11.6. The summed E-state index contributed by atoms with van der Waals surface area (Å²) < 4.78 is 5.22. The fourth-order valence-corrected chi connectivity index (χ4v) is 0.899. The molecular formula is C11H16N2O2. The van der Waals surface area contributed by atoms with Gasteiger partial charge in [0.2, 0.25) is 0 Å². The first kappa shape index (κ1) is 11.5. The molecule has 1 heterocycles. The number of rotatable bonds is 3. The van der Waals surface area contributed by atoms with E-state index in [0.717, 1.165) is 0 Å². The molecule has 0 radical (unpaired) electrons. The first-order valence-electron chi connectivity index (χ1n) is 4.93. The molecule has 4 nitrogen and oxygen atoms in total. The van der Waals surface area contributed by atoms with Gasteiger partial charge in [-0.25, -0.2) is 9.78 Å². The van der Waals surface area contributed by atoms with Gasteiger partial charge in [0.15, 0.2) is 0 Å². The second-order valence-electron chi connectivity index (χ2n) is 3.83. The first-order chi connectivity index (χ1) is 7.00. The molecule has 1 aromatic heterocycles. The molecule has 0 aliphatic heterocycles. The highest BCUT2D eigenvalue weighted by molar-refractivity contribution is 5.89. The molecule has 1 atom stereocenters. The maximum absolute atomic E-state index is 11.6. The van der Waals surface area contributed by atoms with Crippen LogP contribution in [0, 0.1) is 5.92 Å². The third-order valence-electron chi connectivity index (χ3n) is 2.25. The zero-order valence-electron chi connectivity index (χ0n) is 9.23. The van der Waals surface area contributed by atoms with E-state index in [2.05, 4.69) is 4.98 Å². The summed E-state index contributed by atoms with van der Waals surface area (Å²) in [7, 11) is 0. The van der Waals surface area contributed by atoms with Crippen molar-refractivity contribution in [2.24, 2.45) is 5.92 Å². The summed E-state index contributed by atoms with van der Waals surface area (Å²) in [5.74, 6) is 0.336. The Bertz CT molecular complexity index is 333. The van der Waals surface area contributed by atoms with Crippen molar-refractivity contribution in [2.45, 2.75) is 26.9 Å². The lowest BCUT2D eigenvalue weighted by atomic mass is 10.1. The zero-order chi connectivity index (χ0) is 11.4. The highest BCUT2D eigenvalue weighted by atomic mass is 16.5. The fourth-order valence-electron chi connectivity index (χ4n) is 0.899. The maximum Gasteiger partial charge on any atom is 0.339 e. The van der Waals surface area contributed by atoms with Gasteiger partial charge in [0.1, 0.15) is 11.9 Å². The highest BCUT2D eigenvalue weighted by Gasteiger charge is 2.14. The number of anilines is 1. The number of nitrogen functional groups attached to an aromatic ring is 1. The molecule has 2 N–H and O–H groups in total. The summed E-state index contributed by atoms with van der Waals surface area (Å²) in [5.41, 5.74) is 5.84. The number of nitrogens with zero attached hydrogens (tertiary/aromatic N) is 1. The Balaban J connectivity index is 2.65. The highest BCUT2D eigenvalue weighted by Crippen LogP contribution is 2.10. The van der Waals surface area contributed by atoms with E-state index in [9.17, 15) is 4.79 Å². The van der Waals surface area contributed by atoms with Gasteiger partial charge in [-0.05, 0) is 25.0 Å². The van der Waals surface area contributed by atoms with Crippen molar-refractivity contribution in [3.63, 3.8) is 0 Å². The fraction of sp³-hybridized carbons (Fsp3) is 0.455. The monoisotopic (exact) mass is 208 g/mol. The van der Waals surface area contributed by atoms with E-state index >= 15 is 0 Å². The number of esters is 1. The molecule has 15 heavy (non-hydrogen) atoms. The van der Waals surface area contributed by atoms with Crippen molar-refractivity contribution >= 4 is 11.8 Å². The summed E-state index contributed by atoms with van der Waals surface area (Å²) in [6, 6.07) is 3.19. The minimum atomic E-state index is -0.358. The van der Waals surface area contributed by atoms with Crippen LogP contribution in [0.1, 0.15) is 31.1 Å². The van der Waals surface area contributed by atoms with E-state index in [0.29, 0.717) is 17.3 Å². The smallest absolute Gasteiger partial charge is 0.339 e. The molecule has 0 saturated carbocycles.